The molecule has 0 aliphatic carbocycles. The van der Waals surface area contributed by atoms with Crippen LogP contribution in [-0.2, 0) is 11.2 Å². The van der Waals surface area contributed by atoms with Crippen molar-refractivity contribution in [1.29, 1.82) is 5.26 Å². The van der Waals surface area contributed by atoms with E-state index < -0.39 is 5.97 Å². The van der Waals surface area contributed by atoms with Crippen LogP contribution in [0.4, 0.5) is 5.00 Å². The van der Waals surface area contributed by atoms with Crippen LogP contribution in [0.5, 0.6) is 11.5 Å². The molecule has 0 atom stereocenters. The van der Waals surface area contributed by atoms with E-state index in [2.05, 4.69) is 5.32 Å². The number of nitrogens with zero attached hydrogens (tertiary/aromatic N) is 1. The number of fused-ring (bicyclic) bond motifs is 1. The van der Waals surface area contributed by atoms with Crippen molar-refractivity contribution in [2.75, 3.05) is 19.2 Å². The number of hydrogen-bond donors (Lipinski definition) is 1. The smallest absolute Gasteiger partial charge is 0.341 e. The molecule has 156 valence electrons. The number of benzene rings is 2. The predicted molar refractivity (Wildman–Crippen MR) is 115 cm³/mol. The molecule has 8 heteroatoms. The van der Waals surface area contributed by atoms with E-state index in [0.717, 1.165) is 16.0 Å². The minimum Gasteiger partial charge on any atom is -0.465 e. The molecule has 0 unspecified atom stereocenters. The molecule has 0 saturated carbocycles. The number of hydrogen-bond acceptors (Lipinski definition) is 7. The van der Waals surface area contributed by atoms with Gasteiger partial charge in [0.1, 0.15) is 5.00 Å². The van der Waals surface area contributed by atoms with Crippen LogP contribution >= 0.6 is 11.3 Å². The Morgan fingerprint density at radius 2 is 1.90 bits per heavy atom. The van der Waals surface area contributed by atoms with E-state index >= 15 is 0 Å². The normalized spacial score (nSPS) is 11.6. The van der Waals surface area contributed by atoms with E-state index in [1.54, 1.807) is 24.3 Å². The maximum Gasteiger partial charge on any atom is 0.341 e. The molecule has 1 aliphatic heterocycles. The van der Waals surface area contributed by atoms with Crippen LogP contribution in [0.3, 0.4) is 0 Å². The van der Waals surface area contributed by atoms with Crippen LogP contribution in [0.15, 0.2) is 42.5 Å². The number of esters is 1. The molecule has 31 heavy (non-hydrogen) atoms. The SMILES string of the molecule is COC(=O)c1c(NC(=O)c2ccc(C#N)cc2)sc(Cc2ccc3c(c2)OCO3)c1C. The topological polar surface area (TPSA) is 97.7 Å². The van der Waals surface area contributed by atoms with Gasteiger partial charge in [0.2, 0.25) is 6.79 Å². The van der Waals surface area contributed by atoms with Crippen LogP contribution in [0.2, 0.25) is 0 Å². The summed E-state index contributed by atoms with van der Waals surface area (Å²) in [5.74, 6) is 0.512. The number of nitriles is 1. The third-order valence-corrected chi connectivity index (χ3v) is 6.15. The average molecular weight is 434 g/mol. The van der Waals surface area contributed by atoms with Gasteiger partial charge in [0.25, 0.3) is 5.91 Å². The van der Waals surface area contributed by atoms with Crippen LogP contribution < -0.4 is 14.8 Å². The number of thiophene rings is 1. The lowest BCUT2D eigenvalue weighted by atomic mass is 10.1. The molecule has 0 spiro atoms. The number of ether oxygens (including phenoxy) is 3. The van der Waals surface area contributed by atoms with E-state index in [1.807, 2.05) is 31.2 Å². The summed E-state index contributed by atoms with van der Waals surface area (Å²) in [7, 11) is 1.31. The predicted octanol–water partition coefficient (Wildman–Crippen LogP) is 4.29. The lowest BCUT2D eigenvalue weighted by Gasteiger charge is -2.06. The fourth-order valence-corrected chi connectivity index (χ4v) is 4.50. The molecule has 0 radical (unpaired) electrons. The largest absolute Gasteiger partial charge is 0.465 e. The van der Waals surface area contributed by atoms with Crippen molar-refractivity contribution < 1.29 is 23.8 Å². The molecule has 0 fully saturated rings. The van der Waals surface area contributed by atoms with Crippen LogP contribution in [0, 0.1) is 18.3 Å². The summed E-state index contributed by atoms with van der Waals surface area (Å²) in [4.78, 5) is 26.1. The van der Waals surface area contributed by atoms with E-state index in [1.165, 1.54) is 18.4 Å². The van der Waals surface area contributed by atoms with Gasteiger partial charge in [-0.15, -0.1) is 11.3 Å². The molecule has 3 aromatic rings. The van der Waals surface area contributed by atoms with Crippen molar-refractivity contribution in [2.45, 2.75) is 13.3 Å². The number of rotatable bonds is 5. The molecule has 7 nitrogen and oxygen atoms in total. The second-order valence-corrected chi connectivity index (χ2v) is 7.96. The highest BCUT2D eigenvalue weighted by Crippen LogP contribution is 2.37. The molecule has 1 aliphatic rings. The Morgan fingerprint density at radius 3 is 2.61 bits per heavy atom. The van der Waals surface area contributed by atoms with Gasteiger partial charge in [-0.1, -0.05) is 6.07 Å². The molecule has 1 N–H and O–H groups in total. The maximum absolute atomic E-state index is 12.7. The molecule has 0 bridgehead atoms. The minimum atomic E-state index is -0.513. The third-order valence-electron chi connectivity index (χ3n) is 4.94. The van der Waals surface area contributed by atoms with Crippen molar-refractivity contribution in [1.82, 2.24) is 0 Å². The third kappa shape index (κ3) is 4.09. The van der Waals surface area contributed by atoms with E-state index in [-0.39, 0.29) is 12.7 Å². The summed E-state index contributed by atoms with van der Waals surface area (Å²) in [5.41, 5.74) is 2.94. The standard InChI is InChI=1S/C23H18N2O5S/c1-13-19(10-15-5-8-17-18(9-15)30-12-29-17)31-22(20(13)23(27)28-2)25-21(26)16-6-3-14(11-24)4-7-16/h3-9H,10,12H2,1-2H3,(H,25,26). The van der Waals surface area contributed by atoms with Crippen molar-refractivity contribution in [3.63, 3.8) is 0 Å². The highest BCUT2D eigenvalue weighted by Gasteiger charge is 2.24. The zero-order chi connectivity index (χ0) is 22.0. The first kappa shape index (κ1) is 20.4. The molecular formula is C23H18N2O5S. The molecule has 2 aromatic carbocycles. The number of carbonyl (C=O) groups is 2. The molecule has 1 amide bonds. The number of anilines is 1. The number of methoxy groups -OCH3 is 1. The van der Waals surface area contributed by atoms with Gasteiger partial charge < -0.3 is 19.5 Å². The Kier molecular flexibility index (Phi) is 5.60. The molecular weight excluding hydrogens is 416 g/mol. The zero-order valence-corrected chi connectivity index (χ0v) is 17.7. The fraction of sp³-hybridized carbons (Fsp3) is 0.174. The van der Waals surface area contributed by atoms with Crippen LogP contribution in [-0.4, -0.2) is 25.8 Å². The number of amides is 1. The minimum absolute atomic E-state index is 0.203. The van der Waals surface area contributed by atoms with E-state index in [9.17, 15) is 9.59 Å². The van der Waals surface area contributed by atoms with Crippen molar-refractivity contribution in [2.24, 2.45) is 0 Å². The van der Waals surface area contributed by atoms with Gasteiger partial charge >= 0.3 is 5.97 Å². The summed E-state index contributed by atoms with van der Waals surface area (Å²) in [5, 5.41) is 12.2. The van der Waals surface area contributed by atoms with Crippen molar-refractivity contribution in [3.05, 3.63) is 75.2 Å². The van der Waals surface area contributed by atoms with Gasteiger partial charge in [0.05, 0.1) is 24.3 Å². The lowest BCUT2D eigenvalue weighted by Crippen LogP contribution is -2.14. The Morgan fingerprint density at radius 1 is 1.16 bits per heavy atom. The monoisotopic (exact) mass is 434 g/mol. The van der Waals surface area contributed by atoms with Gasteiger partial charge in [-0.3, -0.25) is 4.79 Å². The zero-order valence-electron chi connectivity index (χ0n) is 16.9. The van der Waals surface area contributed by atoms with Gasteiger partial charge in [-0.05, 0) is 54.4 Å². The maximum atomic E-state index is 12.7. The quantitative estimate of drug-likeness (QED) is 0.602. The van der Waals surface area contributed by atoms with Gasteiger partial charge in [0.15, 0.2) is 11.5 Å². The average Bonchev–Trinajstić information content (AvgIpc) is 3.37. The second-order valence-electron chi connectivity index (χ2n) is 6.85. The summed E-state index contributed by atoms with van der Waals surface area (Å²) < 4.78 is 15.7. The first-order valence-electron chi connectivity index (χ1n) is 9.40. The van der Waals surface area contributed by atoms with Gasteiger partial charge in [-0.25, -0.2) is 4.79 Å². The van der Waals surface area contributed by atoms with Gasteiger partial charge in [-0.2, -0.15) is 5.26 Å². The molecule has 4 rings (SSSR count). The Bertz CT molecular complexity index is 1210. The van der Waals surface area contributed by atoms with Crippen molar-refractivity contribution in [3.8, 4) is 17.6 Å². The van der Waals surface area contributed by atoms with Gasteiger partial charge in [0, 0.05) is 16.9 Å². The molecule has 2 heterocycles. The summed E-state index contributed by atoms with van der Waals surface area (Å²) >= 11 is 1.33. The molecule has 0 saturated heterocycles. The Hall–Kier alpha value is -3.83. The van der Waals surface area contributed by atoms with E-state index in [4.69, 9.17) is 19.5 Å². The second kappa shape index (κ2) is 8.50. The lowest BCUT2D eigenvalue weighted by molar-refractivity contribution is 0.0601. The summed E-state index contributed by atoms with van der Waals surface area (Å²) in [6, 6.07) is 14.0. The van der Waals surface area contributed by atoms with Crippen LogP contribution in [0.25, 0.3) is 0 Å². The fourth-order valence-electron chi connectivity index (χ4n) is 3.27. The summed E-state index contributed by atoms with van der Waals surface area (Å²) in [6.07, 6.45) is 0.559. The Balaban J connectivity index is 1.63. The first-order chi connectivity index (χ1) is 15.0. The van der Waals surface area contributed by atoms with Crippen LogP contribution in [0.1, 0.15) is 42.3 Å². The van der Waals surface area contributed by atoms with E-state index in [0.29, 0.717) is 39.6 Å². The number of carbonyl (C=O) groups excluding carboxylic acids is 2. The molecule has 1 aromatic heterocycles. The highest BCUT2D eigenvalue weighted by molar-refractivity contribution is 7.17. The van der Waals surface area contributed by atoms with Crippen molar-refractivity contribution >= 4 is 28.2 Å². The number of nitrogens with one attached hydrogen (secondary N) is 1. The Labute approximate surface area is 182 Å². The summed E-state index contributed by atoms with van der Waals surface area (Å²) in [6.45, 7) is 2.04. The first-order valence-corrected chi connectivity index (χ1v) is 10.2. The highest BCUT2D eigenvalue weighted by atomic mass is 32.1.